The van der Waals surface area contributed by atoms with Crippen molar-refractivity contribution in [3.8, 4) is 0 Å². The Balaban J connectivity index is 1.48. The van der Waals surface area contributed by atoms with Crippen molar-refractivity contribution in [1.29, 1.82) is 0 Å². The monoisotopic (exact) mass is 388 g/mol. The molecule has 142 valence electrons. The molecule has 1 atom stereocenters. The van der Waals surface area contributed by atoms with Gasteiger partial charge in [0.1, 0.15) is 4.88 Å². The number of aromatic carboxylic acids is 1. The number of aryl methyl sites for hydroxylation is 1. The summed E-state index contributed by atoms with van der Waals surface area (Å²) in [6.07, 6.45) is 2.33. The summed E-state index contributed by atoms with van der Waals surface area (Å²) in [6, 6.07) is 5.53. The molecule has 0 bridgehead atoms. The molecular formula is C18H20N4O4S. The first kappa shape index (κ1) is 19.0. The molecule has 0 aliphatic carbocycles. The Labute approximate surface area is 160 Å². The molecule has 2 N–H and O–H groups in total. The van der Waals surface area contributed by atoms with Crippen molar-refractivity contribution in [3.63, 3.8) is 0 Å². The first-order valence-electron chi connectivity index (χ1n) is 8.59. The summed E-state index contributed by atoms with van der Waals surface area (Å²) in [5, 5.41) is 12.5. The Kier molecular flexibility index (Phi) is 5.80. The highest BCUT2D eigenvalue weighted by Gasteiger charge is 2.34. The van der Waals surface area contributed by atoms with E-state index in [0.717, 1.165) is 17.0 Å². The normalized spacial score (nSPS) is 16.6. The zero-order chi connectivity index (χ0) is 19.4. The van der Waals surface area contributed by atoms with Gasteiger partial charge in [0.05, 0.1) is 28.9 Å². The summed E-state index contributed by atoms with van der Waals surface area (Å²) in [4.78, 5) is 45.8. The fourth-order valence-corrected chi connectivity index (χ4v) is 3.89. The Morgan fingerprint density at radius 3 is 2.89 bits per heavy atom. The van der Waals surface area contributed by atoms with E-state index in [1.165, 1.54) is 0 Å². The van der Waals surface area contributed by atoms with E-state index in [1.807, 2.05) is 18.2 Å². The van der Waals surface area contributed by atoms with Crippen molar-refractivity contribution in [2.75, 3.05) is 13.1 Å². The van der Waals surface area contributed by atoms with Crippen molar-refractivity contribution in [3.05, 3.63) is 45.7 Å². The van der Waals surface area contributed by atoms with Gasteiger partial charge < -0.3 is 15.3 Å². The zero-order valence-corrected chi connectivity index (χ0v) is 15.7. The predicted molar refractivity (Wildman–Crippen MR) is 98.3 cm³/mol. The van der Waals surface area contributed by atoms with Crippen LogP contribution in [0.4, 0.5) is 0 Å². The number of carboxylic acids is 1. The molecule has 1 unspecified atom stereocenters. The number of pyridine rings is 1. The smallest absolute Gasteiger partial charge is 0.347 e. The van der Waals surface area contributed by atoms with E-state index in [1.54, 1.807) is 18.0 Å². The Morgan fingerprint density at radius 1 is 1.41 bits per heavy atom. The van der Waals surface area contributed by atoms with E-state index in [9.17, 15) is 14.4 Å². The van der Waals surface area contributed by atoms with Crippen LogP contribution in [0, 0.1) is 12.8 Å². The number of nitrogens with zero attached hydrogens (tertiary/aromatic N) is 3. The molecule has 1 saturated heterocycles. The van der Waals surface area contributed by atoms with Gasteiger partial charge in [-0.15, -0.1) is 11.3 Å². The van der Waals surface area contributed by atoms with Crippen molar-refractivity contribution in [1.82, 2.24) is 20.2 Å². The third-order valence-electron chi connectivity index (χ3n) is 4.34. The SMILES string of the molecule is Cc1nc(CCNC(=O)C2CC(=O)N(Cc3ccccn3)C2)sc1C(=O)O. The molecule has 0 radical (unpaired) electrons. The summed E-state index contributed by atoms with van der Waals surface area (Å²) < 4.78 is 0. The average molecular weight is 388 g/mol. The zero-order valence-electron chi connectivity index (χ0n) is 14.8. The highest BCUT2D eigenvalue weighted by molar-refractivity contribution is 7.13. The number of aromatic nitrogens is 2. The molecular weight excluding hydrogens is 368 g/mol. The molecule has 2 amide bonds. The van der Waals surface area contributed by atoms with Gasteiger partial charge in [0.25, 0.3) is 0 Å². The summed E-state index contributed by atoms with van der Waals surface area (Å²) >= 11 is 1.12. The molecule has 3 rings (SSSR count). The van der Waals surface area contributed by atoms with E-state index in [0.29, 0.717) is 36.8 Å². The van der Waals surface area contributed by atoms with Gasteiger partial charge in [0, 0.05) is 32.1 Å². The molecule has 8 nitrogen and oxygen atoms in total. The van der Waals surface area contributed by atoms with Gasteiger partial charge in [0.15, 0.2) is 0 Å². The number of likely N-dealkylation sites (tertiary alicyclic amines) is 1. The van der Waals surface area contributed by atoms with Crippen LogP contribution < -0.4 is 5.32 Å². The maximum atomic E-state index is 12.3. The third-order valence-corrected chi connectivity index (χ3v) is 5.54. The highest BCUT2D eigenvalue weighted by atomic mass is 32.1. The number of amides is 2. The fourth-order valence-electron chi connectivity index (χ4n) is 2.98. The van der Waals surface area contributed by atoms with Gasteiger partial charge >= 0.3 is 5.97 Å². The molecule has 3 heterocycles. The van der Waals surface area contributed by atoms with Crippen LogP contribution >= 0.6 is 11.3 Å². The van der Waals surface area contributed by atoms with Crippen molar-refractivity contribution in [2.45, 2.75) is 26.3 Å². The molecule has 9 heteroatoms. The van der Waals surface area contributed by atoms with Gasteiger partial charge in [-0.3, -0.25) is 14.6 Å². The molecule has 1 fully saturated rings. The molecule has 0 spiro atoms. The maximum Gasteiger partial charge on any atom is 0.347 e. The maximum absolute atomic E-state index is 12.3. The van der Waals surface area contributed by atoms with Gasteiger partial charge in [-0.1, -0.05) is 6.07 Å². The lowest BCUT2D eigenvalue weighted by atomic mass is 10.1. The second-order valence-electron chi connectivity index (χ2n) is 6.36. The number of hydrogen-bond donors (Lipinski definition) is 2. The van der Waals surface area contributed by atoms with Crippen molar-refractivity contribution >= 4 is 29.1 Å². The number of nitrogens with one attached hydrogen (secondary N) is 1. The minimum atomic E-state index is -0.988. The quantitative estimate of drug-likeness (QED) is 0.738. The molecule has 27 heavy (non-hydrogen) atoms. The molecule has 0 aromatic carbocycles. The highest BCUT2D eigenvalue weighted by Crippen LogP contribution is 2.20. The lowest BCUT2D eigenvalue weighted by Gasteiger charge is -2.16. The van der Waals surface area contributed by atoms with Gasteiger partial charge in [-0.05, 0) is 19.1 Å². The van der Waals surface area contributed by atoms with E-state index >= 15 is 0 Å². The Bertz CT molecular complexity index is 852. The third kappa shape index (κ3) is 4.68. The Hall–Kier alpha value is -2.81. The molecule has 2 aromatic heterocycles. The lowest BCUT2D eigenvalue weighted by molar-refractivity contribution is -0.129. The number of hydrogen-bond acceptors (Lipinski definition) is 6. The average Bonchev–Trinajstić information content (AvgIpc) is 3.19. The van der Waals surface area contributed by atoms with Crippen LogP contribution in [-0.2, 0) is 22.6 Å². The summed E-state index contributed by atoms with van der Waals surface area (Å²) in [7, 11) is 0. The second-order valence-corrected chi connectivity index (χ2v) is 7.45. The van der Waals surface area contributed by atoms with Crippen LogP contribution in [0.3, 0.4) is 0 Å². The first-order chi connectivity index (χ1) is 12.9. The second kappa shape index (κ2) is 8.26. The van der Waals surface area contributed by atoms with Gasteiger partial charge in [0.2, 0.25) is 11.8 Å². The van der Waals surface area contributed by atoms with E-state index < -0.39 is 5.97 Å². The van der Waals surface area contributed by atoms with Crippen LogP contribution in [0.25, 0.3) is 0 Å². The lowest BCUT2D eigenvalue weighted by Crippen LogP contribution is -2.34. The summed E-state index contributed by atoms with van der Waals surface area (Å²) in [5.74, 6) is -1.59. The number of rotatable bonds is 7. The topological polar surface area (TPSA) is 112 Å². The summed E-state index contributed by atoms with van der Waals surface area (Å²) in [6.45, 7) is 2.79. The number of carbonyl (C=O) groups is 3. The molecule has 0 saturated carbocycles. The van der Waals surface area contributed by atoms with Crippen molar-refractivity contribution < 1.29 is 19.5 Å². The first-order valence-corrected chi connectivity index (χ1v) is 9.40. The van der Waals surface area contributed by atoms with E-state index in [4.69, 9.17) is 5.11 Å². The van der Waals surface area contributed by atoms with E-state index in [-0.39, 0.29) is 29.0 Å². The minimum absolute atomic E-state index is 0.0533. The molecule has 1 aliphatic heterocycles. The van der Waals surface area contributed by atoms with Crippen LogP contribution in [0.5, 0.6) is 0 Å². The standard InChI is InChI=1S/C18H20N4O4S/c1-11-16(18(25)26)27-14(21-11)5-7-20-17(24)12-8-15(23)22(9-12)10-13-4-2-3-6-19-13/h2-4,6,12H,5,7-10H2,1H3,(H,20,24)(H,25,26). The van der Waals surface area contributed by atoms with Crippen LogP contribution in [-0.4, -0.2) is 50.8 Å². The molecule has 2 aromatic rings. The number of carboxylic acid groups (broad SMARTS) is 1. The van der Waals surface area contributed by atoms with E-state index in [2.05, 4.69) is 15.3 Å². The van der Waals surface area contributed by atoms with Crippen molar-refractivity contribution in [2.24, 2.45) is 5.92 Å². The van der Waals surface area contributed by atoms with Gasteiger partial charge in [-0.25, -0.2) is 9.78 Å². The largest absolute Gasteiger partial charge is 0.477 e. The fraction of sp³-hybridized carbons (Fsp3) is 0.389. The van der Waals surface area contributed by atoms with Crippen LogP contribution in [0.15, 0.2) is 24.4 Å². The molecule has 1 aliphatic rings. The number of thiazole rings is 1. The minimum Gasteiger partial charge on any atom is -0.477 e. The Morgan fingerprint density at radius 2 is 2.22 bits per heavy atom. The number of carbonyl (C=O) groups excluding carboxylic acids is 2. The van der Waals surface area contributed by atoms with Gasteiger partial charge in [-0.2, -0.15) is 0 Å². The predicted octanol–water partition coefficient (Wildman–Crippen LogP) is 1.25. The summed E-state index contributed by atoms with van der Waals surface area (Å²) in [5.41, 5.74) is 1.28. The van der Waals surface area contributed by atoms with Crippen LogP contribution in [0.1, 0.15) is 32.5 Å². The van der Waals surface area contributed by atoms with Crippen LogP contribution in [0.2, 0.25) is 0 Å².